The van der Waals surface area contributed by atoms with Gasteiger partial charge in [0.15, 0.2) is 0 Å². The standard InChI is InChI=1S/C13H17NO5/c1-18-8-9-19-11-4-2-10(3-5-11)14-12(15)6-7-13(16)17/h2-5H,6-9H2,1H3,(H,14,15)(H,16,17). The van der Waals surface area contributed by atoms with E-state index in [1.807, 2.05) is 0 Å². The van der Waals surface area contributed by atoms with Crippen LogP contribution in [0.4, 0.5) is 5.69 Å². The monoisotopic (exact) mass is 267 g/mol. The number of ether oxygens (including phenoxy) is 2. The summed E-state index contributed by atoms with van der Waals surface area (Å²) >= 11 is 0. The fourth-order valence-electron chi connectivity index (χ4n) is 1.32. The molecule has 0 saturated heterocycles. The van der Waals surface area contributed by atoms with E-state index in [0.29, 0.717) is 24.7 Å². The van der Waals surface area contributed by atoms with E-state index in [2.05, 4.69) is 5.32 Å². The summed E-state index contributed by atoms with van der Waals surface area (Å²) in [5.41, 5.74) is 0.606. The highest BCUT2D eigenvalue weighted by Crippen LogP contribution is 2.15. The van der Waals surface area contributed by atoms with Crippen LogP contribution in [0.1, 0.15) is 12.8 Å². The molecule has 0 fully saturated rings. The molecule has 0 aliphatic heterocycles. The van der Waals surface area contributed by atoms with Crippen molar-refractivity contribution in [3.63, 3.8) is 0 Å². The molecular weight excluding hydrogens is 250 g/mol. The molecule has 104 valence electrons. The van der Waals surface area contributed by atoms with Crippen LogP contribution in [0.25, 0.3) is 0 Å². The van der Waals surface area contributed by atoms with Crippen LogP contribution in [0.15, 0.2) is 24.3 Å². The number of carboxylic acid groups (broad SMARTS) is 1. The number of carbonyl (C=O) groups is 2. The maximum Gasteiger partial charge on any atom is 0.303 e. The smallest absolute Gasteiger partial charge is 0.303 e. The van der Waals surface area contributed by atoms with Crippen LogP contribution >= 0.6 is 0 Å². The zero-order chi connectivity index (χ0) is 14.1. The van der Waals surface area contributed by atoms with Crippen molar-refractivity contribution >= 4 is 17.6 Å². The normalized spacial score (nSPS) is 9.95. The summed E-state index contributed by atoms with van der Waals surface area (Å²) in [7, 11) is 1.60. The molecule has 0 radical (unpaired) electrons. The molecule has 1 amide bonds. The van der Waals surface area contributed by atoms with Crippen LogP contribution in [-0.4, -0.2) is 37.3 Å². The summed E-state index contributed by atoms with van der Waals surface area (Å²) in [5, 5.41) is 11.1. The van der Waals surface area contributed by atoms with Gasteiger partial charge in [0.25, 0.3) is 0 Å². The number of rotatable bonds is 8. The van der Waals surface area contributed by atoms with Crippen LogP contribution in [-0.2, 0) is 14.3 Å². The minimum absolute atomic E-state index is 0.0403. The van der Waals surface area contributed by atoms with Gasteiger partial charge in [0.2, 0.25) is 5.91 Å². The third-order valence-corrected chi connectivity index (χ3v) is 2.26. The van der Waals surface area contributed by atoms with E-state index in [1.54, 1.807) is 31.4 Å². The van der Waals surface area contributed by atoms with E-state index in [1.165, 1.54) is 0 Å². The predicted octanol–water partition coefficient (Wildman–Crippen LogP) is 1.52. The zero-order valence-corrected chi connectivity index (χ0v) is 10.7. The van der Waals surface area contributed by atoms with Crippen molar-refractivity contribution in [2.75, 3.05) is 25.6 Å². The van der Waals surface area contributed by atoms with Gasteiger partial charge in [-0.3, -0.25) is 9.59 Å². The van der Waals surface area contributed by atoms with E-state index in [9.17, 15) is 9.59 Å². The second-order valence-corrected chi connectivity index (χ2v) is 3.81. The van der Waals surface area contributed by atoms with Gasteiger partial charge in [-0.15, -0.1) is 0 Å². The first-order valence-corrected chi connectivity index (χ1v) is 5.85. The number of anilines is 1. The molecule has 2 N–H and O–H groups in total. The topological polar surface area (TPSA) is 84.9 Å². The summed E-state index contributed by atoms with van der Waals surface area (Å²) in [4.78, 5) is 21.7. The molecule has 1 aromatic rings. The van der Waals surface area contributed by atoms with Crippen molar-refractivity contribution < 1.29 is 24.2 Å². The number of hydrogen-bond acceptors (Lipinski definition) is 4. The van der Waals surface area contributed by atoms with Gasteiger partial charge < -0.3 is 19.9 Å². The van der Waals surface area contributed by atoms with Crippen molar-refractivity contribution in [1.29, 1.82) is 0 Å². The molecule has 0 aromatic heterocycles. The Balaban J connectivity index is 2.39. The molecule has 1 rings (SSSR count). The van der Waals surface area contributed by atoms with E-state index in [4.69, 9.17) is 14.6 Å². The van der Waals surface area contributed by atoms with Gasteiger partial charge in [-0.25, -0.2) is 0 Å². The third kappa shape index (κ3) is 6.42. The Bertz CT molecular complexity index is 416. The average molecular weight is 267 g/mol. The SMILES string of the molecule is COCCOc1ccc(NC(=O)CCC(=O)O)cc1. The van der Waals surface area contributed by atoms with Crippen LogP contribution in [0.2, 0.25) is 0 Å². The molecule has 6 nitrogen and oxygen atoms in total. The Labute approximate surface area is 111 Å². The largest absolute Gasteiger partial charge is 0.491 e. The molecule has 0 atom stereocenters. The molecule has 0 aliphatic rings. The predicted molar refractivity (Wildman–Crippen MR) is 69.3 cm³/mol. The summed E-state index contributed by atoms with van der Waals surface area (Å²) in [5.74, 6) is -0.631. The number of amides is 1. The summed E-state index contributed by atoms with van der Waals surface area (Å²) in [6.07, 6.45) is -0.217. The first-order chi connectivity index (χ1) is 9.11. The maximum atomic E-state index is 11.4. The lowest BCUT2D eigenvalue weighted by atomic mass is 10.2. The van der Waals surface area contributed by atoms with Crippen LogP contribution in [0, 0.1) is 0 Å². The molecule has 0 spiro atoms. The molecule has 0 saturated carbocycles. The fourth-order valence-corrected chi connectivity index (χ4v) is 1.32. The molecule has 0 unspecified atom stereocenters. The minimum atomic E-state index is -0.989. The molecule has 0 aliphatic carbocycles. The lowest BCUT2D eigenvalue weighted by Gasteiger charge is -2.07. The Morgan fingerprint density at radius 2 is 1.84 bits per heavy atom. The van der Waals surface area contributed by atoms with Crippen molar-refractivity contribution in [1.82, 2.24) is 0 Å². The van der Waals surface area contributed by atoms with Crippen molar-refractivity contribution in [2.45, 2.75) is 12.8 Å². The zero-order valence-electron chi connectivity index (χ0n) is 10.7. The average Bonchev–Trinajstić information content (AvgIpc) is 2.39. The Kier molecular flexibility index (Phi) is 6.38. The Morgan fingerprint density at radius 3 is 2.42 bits per heavy atom. The van der Waals surface area contributed by atoms with Gasteiger partial charge in [0.1, 0.15) is 12.4 Å². The fraction of sp³-hybridized carbons (Fsp3) is 0.385. The van der Waals surface area contributed by atoms with Crippen LogP contribution < -0.4 is 10.1 Å². The van der Waals surface area contributed by atoms with E-state index in [-0.39, 0.29) is 18.7 Å². The second-order valence-electron chi connectivity index (χ2n) is 3.81. The van der Waals surface area contributed by atoms with Gasteiger partial charge in [0.05, 0.1) is 13.0 Å². The van der Waals surface area contributed by atoms with Crippen LogP contribution in [0.3, 0.4) is 0 Å². The summed E-state index contributed by atoms with van der Waals surface area (Å²) < 4.78 is 10.2. The van der Waals surface area contributed by atoms with E-state index < -0.39 is 5.97 Å². The number of aliphatic carboxylic acids is 1. The Morgan fingerprint density at radius 1 is 1.16 bits per heavy atom. The lowest BCUT2D eigenvalue weighted by molar-refractivity contribution is -0.138. The van der Waals surface area contributed by atoms with E-state index in [0.717, 1.165) is 0 Å². The maximum absolute atomic E-state index is 11.4. The van der Waals surface area contributed by atoms with Crippen molar-refractivity contribution in [3.05, 3.63) is 24.3 Å². The van der Waals surface area contributed by atoms with Gasteiger partial charge >= 0.3 is 5.97 Å². The van der Waals surface area contributed by atoms with Gasteiger partial charge in [-0.05, 0) is 24.3 Å². The highest BCUT2D eigenvalue weighted by atomic mass is 16.5. The number of methoxy groups -OCH3 is 1. The molecule has 0 bridgehead atoms. The number of benzene rings is 1. The number of carbonyl (C=O) groups excluding carboxylic acids is 1. The first kappa shape index (κ1) is 15.0. The van der Waals surface area contributed by atoms with Crippen LogP contribution in [0.5, 0.6) is 5.75 Å². The quantitative estimate of drug-likeness (QED) is 0.697. The Hall–Kier alpha value is -2.08. The van der Waals surface area contributed by atoms with Gasteiger partial charge in [-0.2, -0.15) is 0 Å². The minimum Gasteiger partial charge on any atom is -0.491 e. The van der Waals surface area contributed by atoms with E-state index >= 15 is 0 Å². The van der Waals surface area contributed by atoms with Gasteiger partial charge in [0, 0.05) is 19.2 Å². The molecule has 1 aromatic carbocycles. The third-order valence-electron chi connectivity index (χ3n) is 2.26. The first-order valence-electron chi connectivity index (χ1n) is 5.85. The van der Waals surface area contributed by atoms with Gasteiger partial charge in [-0.1, -0.05) is 0 Å². The highest BCUT2D eigenvalue weighted by Gasteiger charge is 2.05. The molecule has 0 heterocycles. The molecule has 6 heteroatoms. The number of hydrogen-bond donors (Lipinski definition) is 2. The highest BCUT2D eigenvalue weighted by molar-refractivity contribution is 5.92. The molecule has 19 heavy (non-hydrogen) atoms. The van der Waals surface area contributed by atoms with Crippen molar-refractivity contribution in [3.8, 4) is 5.75 Å². The second kappa shape index (κ2) is 8.10. The van der Waals surface area contributed by atoms with Crippen molar-refractivity contribution in [2.24, 2.45) is 0 Å². The molecular formula is C13H17NO5. The lowest BCUT2D eigenvalue weighted by Crippen LogP contribution is -2.13. The number of nitrogens with one attached hydrogen (secondary N) is 1. The number of carboxylic acids is 1. The summed E-state index contributed by atoms with van der Waals surface area (Å²) in [6.45, 7) is 0.967. The summed E-state index contributed by atoms with van der Waals surface area (Å²) in [6, 6.07) is 6.84.